The largest absolute Gasteiger partial charge is 0.489 e. The second-order valence-corrected chi connectivity index (χ2v) is 9.33. The number of nitrogens with two attached hydrogens (primary N) is 1. The molecule has 33 heavy (non-hydrogen) atoms. The molecule has 2 aliphatic rings. The summed E-state index contributed by atoms with van der Waals surface area (Å²) >= 11 is 0. The average Bonchev–Trinajstić information content (AvgIpc) is 3.28. The third kappa shape index (κ3) is 5.12. The molecule has 4 nitrogen and oxygen atoms in total. The number of aromatic amines is 1. The highest BCUT2D eigenvalue weighted by atomic mass is 16.5. The molecule has 0 bridgehead atoms. The first kappa shape index (κ1) is 21.7. The number of nitrogens with zero attached hydrogens (tertiary/aromatic N) is 1. The van der Waals surface area contributed by atoms with E-state index in [0.29, 0.717) is 18.4 Å². The summed E-state index contributed by atoms with van der Waals surface area (Å²) in [5.74, 6) is 1.93. The van der Waals surface area contributed by atoms with E-state index >= 15 is 0 Å². The summed E-state index contributed by atoms with van der Waals surface area (Å²) < 4.78 is 5.82. The number of hydrogen-bond donors (Lipinski definition) is 2. The molecule has 3 aromatic rings. The van der Waals surface area contributed by atoms with Crippen LogP contribution in [-0.4, -0.2) is 23.8 Å². The quantitative estimate of drug-likeness (QED) is 0.426. The van der Waals surface area contributed by atoms with Crippen LogP contribution in [0.15, 0.2) is 89.4 Å². The maximum Gasteiger partial charge on any atom is 0.136 e. The molecule has 0 saturated carbocycles. The standard InChI is InChI=1S/C29H33N3O/c30-29(28-20-31-15-16-33-28)26-14-13-22(17-21-7-2-1-3-8-21)18-23(26)9-6-10-24-19-32-27-12-5-4-11-25(24)27/h1-5,7-8,11-12,14-15,19-20,22-23,29,32H,6,9-10,13,16-18,30H2. The molecule has 170 valence electrons. The number of hydrogen-bond acceptors (Lipinski definition) is 3. The number of benzene rings is 2. The number of aromatic nitrogens is 1. The van der Waals surface area contributed by atoms with E-state index in [2.05, 4.69) is 76.8 Å². The van der Waals surface area contributed by atoms with Crippen LogP contribution in [0.4, 0.5) is 0 Å². The molecular weight excluding hydrogens is 406 g/mol. The molecule has 3 N–H and O–H groups in total. The summed E-state index contributed by atoms with van der Waals surface area (Å²) in [6.45, 7) is 0.509. The van der Waals surface area contributed by atoms with E-state index in [0.717, 1.165) is 37.9 Å². The molecule has 3 unspecified atom stereocenters. The van der Waals surface area contributed by atoms with Crippen molar-refractivity contribution in [3.05, 3.63) is 95.5 Å². The fourth-order valence-electron chi connectivity index (χ4n) is 5.44. The summed E-state index contributed by atoms with van der Waals surface area (Å²) in [5.41, 5.74) is 12.1. The van der Waals surface area contributed by atoms with Gasteiger partial charge in [-0.3, -0.25) is 4.99 Å². The number of rotatable bonds is 8. The Kier molecular flexibility index (Phi) is 6.73. The number of fused-ring (bicyclic) bond motifs is 1. The molecule has 2 aromatic carbocycles. The molecular formula is C29H33N3O. The molecule has 0 fully saturated rings. The summed E-state index contributed by atoms with van der Waals surface area (Å²) in [5, 5.41) is 1.34. The van der Waals surface area contributed by atoms with E-state index in [9.17, 15) is 0 Å². The normalized spacial score (nSPS) is 21.4. The predicted octanol–water partition coefficient (Wildman–Crippen LogP) is 5.96. The number of allylic oxidation sites excluding steroid dienone is 1. The summed E-state index contributed by atoms with van der Waals surface area (Å²) in [6.07, 6.45) is 14.9. The van der Waals surface area contributed by atoms with Gasteiger partial charge in [-0.1, -0.05) is 54.6 Å². The molecule has 1 aliphatic carbocycles. The van der Waals surface area contributed by atoms with Gasteiger partial charge in [-0.15, -0.1) is 0 Å². The Morgan fingerprint density at radius 1 is 1.09 bits per heavy atom. The summed E-state index contributed by atoms with van der Waals surface area (Å²) in [6, 6.07) is 19.2. The molecule has 0 spiro atoms. The summed E-state index contributed by atoms with van der Waals surface area (Å²) in [7, 11) is 0. The van der Waals surface area contributed by atoms with Crippen LogP contribution in [0.5, 0.6) is 0 Å². The monoisotopic (exact) mass is 439 g/mol. The second-order valence-electron chi connectivity index (χ2n) is 9.33. The lowest BCUT2D eigenvalue weighted by atomic mass is 9.74. The maximum absolute atomic E-state index is 6.71. The number of H-pyrrole nitrogens is 1. The molecule has 1 aromatic heterocycles. The minimum Gasteiger partial charge on any atom is -0.489 e. The van der Waals surface area contributed by atoms with Crippen LogP contribution >= 0.6 is 0 Å². The van der Waals surface area contributed by atoms with Gasteiger partial charge >= 0.3 is 0 Å². The molecule has 0 radical (unpaired) electrons. The average molecular weight is 440 g/mol. The van der Waals surface area contributed by atoms with Crippen molar-refractivity contribution in [3.63, 3.8) is 0 Å². The fraction of sp³-hybridized carbons (Fsp3) is 0.345. The zero-order valence-electron chi connectivity index (χ0n) is 19.1. The second kappa shape index (κ2) is 10.2. The molecule has 5 rings (SSSR count). The number of ether oxygens (including phenoxy) is 1. The lowest BCUT2D eigenvalue weighted by molar-refractivity contribution is 0.231. The Morgan fingerprint density at radius 2 is 1.94 bits per heavy atom. The molecule has 0 amide bonds. The first-order chi connectivity index (χ1) is 16.3. The highest BCUT2D eigenvalue weighted by molar-refractivity contribution is 5.83. The van der Waals surface area contributed by atoms with Crippen molar-refractivity contribution < 1.29 is 4.74 Å². The van der Waals surface area contributed by atoms with Crippen molar-refractivity contribution in [2.45, 2.75) is 44.6 Å². The van der Waals surface area contributed by atoms with E-state index in [1.807, 2.05) is 0 Å². The van der Waals surface area contributed by atoms with Gasteiger partial charge < -0.3 is 15.5 Å². The third-order valence-corrected chi connectivity index (χ3v) is 7.11. The SMILES string of the molecule is NC(C1=CN=CCO1)C1=CCC(Cc2ccccc2)CC1CCCc1c[nH]c2ccccc12. The van der Waals surface area contributed by atoms with E-state index in [1.54, 1.807) is 12.4 Å². The first-order valence-corrected chi connectivity index (χ1v) is 12.2. The van der Waals surface area contributed by atoms with Crippen molar-refractivity contribution in [2.75, 3.05) is 6.61 Å². The Labute approximate surface area is 196 Å². The lowest BCUT2D eigenvalue weighted by Crippen LogP contribution is -2.34. The van der Waals surface area contributed by atoms with Gasteiger partial charge in [0.2, 0.25) is 0 Å². The molecule has 4 heteroatoms. The maximum atomic E-state index is 6.71. The van der Waals surface area contributed by atoms with Gasteiger partial charge in [0.05, 0.1) is 12.2 Å². The van der Waals surface area contributed by atoms with Gasteiger partial charge in [0.1, 0.15) is 12.4 Å². The van der Waals surface area contributed by atoms with Crippen LogP contribution in [0.25, 0.3) is 10.9 Å². The predicted molar refractivity (Wildman–Crippen MR) is 136 cm³/mol. The molecule has 1 aliphatic heterocycles. The zero-order valence-corrected chi connectivity index (χ0v) is 19.1. The minimum atomic E-state index is -0.196. The lowest BCUT2D eigenvalue weighted by Gasteiger charge is -2.34. The number of nitrogens with one attached hydrogen (secondary N) is 1. The van der Waals surface area contributed by atoms with Gasteiger partial charge in [0.25, 0.3) is 0 Å². The van der Waals surface area contributed by atoms with Crippen molar-refractivity contribution in [2.24, 2.45) is 22.6 Å². The van der Waals surface area contributed by atoms with Crippen LogP contribution in [0.3, 0.4) is 0 Å². The first-order valence-electron chi connectivity index (χ1n) is 12.2. The van der Waals surface area contributed by atoms with E-state index in [4.69, 9.17) is 10.5 Å². The van der Waals surface area contributed by atoms with Gasteiger partial charge in [-0.2, -0.15) is 0 Å². The zero-order chi connectivity index (χ0) is 22.5. The van der Waals surface area contributed by atoms with Crippen molar-refractivity contribution in [3.8, 4) is 0 Å². The third-order valence-electron chi connectivity index (χ3n) is 7.11. The number of aryl methyl sites for hydroxylation is 1. The van der Waals surface area contributed by atoms with Crippen molar-refractivity contribution in [1.29, 1.82) is 0 Å². The number of para-hydroxylation sites is 1. The Balaban J connectivity index is 1.30. The molecule has 2 heterocycles. The van der Waals surface area contributed by atoms with Gasteiger partial charge in [0, 0.05) is 23.3 Å². The topological polar surface area (TPSA) is 63.4 Å². The van der Waals surface area contributed by atoms with Crippen molar-refractivity contribution >= 4 is 17.1 Å². The van der Waals surface area contributed by atoms with Gasteiger partial charge in [-0.25, -0.2) is 0 Å². The highest BCUT2D eigenvalue weighted by Crippen LogP contribution is 2.37. The molecule has 3 atom stereocenters. The summed E-state index contributed by atoms with van der Waals surface area (Å²) in [4.78, 5) is 7.68. The number of aliphatic imine (C=N–C) groups is 1. The van der Waals surface area contributed by atoms with Crippen LogP contribution < -0.4 is 5.73 Å². The molecule has 0 saturated heterocycles. The Morgan fingerprint density at radius 3 is 2.79 bits per heavy atom. The van der Waals surface area contributed by atoms with Crippen molar-refractivity contribution in [1.82, 2.24) is 4.98 Å². The fourth-order valence-corrected chi connectivity index (χ4v) is 5.44. The van der Waals surface area contributed by atoms with Gasteiger partial charge in [0.15, 0.2) is 0 Å². The van der Waals surface area contributed by atoms with E-state index in [1.165, 1.54) is 34.0 Å². The van der Waals surface area contributed by atoms with Crippen LogP contribution in [0.2, 0.25) is 0 Å². The minimum absolute atomic E-state index is 0.196. The van der Waals surface area contributed by atoms with E-state index in [-0.39, 0.29) is 6.04 Å². The smallest absolute Gasteiger partial charge is 0.136 e. The highest BCUT2D eigenvalue weighted by Gasteiger charge is 2.30. The Bertz CT molecular complexity index is 1160. The van der Waals surface area contributed by atoms with Crippen LogP contribution in [0, 0.1) is 11.8 Å². The van der Waals surface area contributed by atoms with Gasteiger partial charge in [-0.05, 0) is 73.1 Å². The van der Waals surface area contributed by atoms with Crippen LogP contribution in [0.1, 0.15) is 36.8 Å². The van der Waals surface area contributed by atoms with E-state index < -0.39 is 0 Å². The Hall–Kier alpha value is -3.11. The van der Waals surface area contributed by atoms with Crippen LogP contribution in [-0.2, 0) is 17.6 Å².